The number of nitrogens with one attached hydrogen (secondary N) is 1. The average molecular weight is 420 g/mol. The minimum Gasteiger partial charge on any atom is -0.298 e. The Morgan fingerprint density at radius 2 is 2.04 bits per heavy atom. The molecule has 2 fully saturated rings. The van der Waals surface area contributed by atoms with Crippen molar-refractivity contribution in [1.29, 1.82) is 0 Å². The Morgan fingerprint density at radius 3 is 2.78 bits per heavy atom. The van der Waals surface area contributed by atoms with Crippen LogP contribution in [0.1, 0.15) is 46.0 Å². The summed E-state index contributed by atoms with van der Waals surface area (Å²) in [5, 5.41) is 5.70. The van der Waals surface area contributed by atoms with Crippen LogP contribution in [-0.4, -0.2) is 40.4 Å². The van der Waals surface area contributed by atoms with Gasteiger partial charge in [-0.3, -0.25) is 15.0 Å². The van der Waals surface area contributed by atoms with Crippen molar-refractivity contribution < 1.29 is 4.79 Å². The number of benzene rings is 1. The summed E-state index contributed by atoms with van der Waals surface area (Å²) in [5.74, 6) is 3.10. The van der Waals surface area contributed by atoms with Crippen molar-refractivity contribution in [3.05, 3.63) is 46.5 Å². The summed E-state index contributed by atoms with van der Waals surface area (Å²) in [6.07, 6.45) is 2.59. The van der Waals surface area contributed by atoms with Crippen LogP contribution in [0.4, 0.5) is 5.13 Å². The minimum absolute atomic E-state index is 0.0826. The van der Waals surface area contributed by atoms with Gasteiger partial charge in [0.25, 0.3) is 5.91 Å². The Morgan fingerprint density at radius 1 is 1.26 bits per heavy atom. The molecule has 0 bridgehead atoms. The van der Waals surface area contributed by atoms with Crippen LogP contribution < -0.4 is 5.32 Å². The molecule has 4 rings (SSSR count). The smallest absolute Gasteiger partial charge is 0.257 e. The third-order valence-corrected chi connectivity index (χ3v) is 8.88. The van der Waals surface area contributed by atoms with Gasteiger partial charge in [0.2, 0.25) is 0 Å². The molecular weight excluding hydrogens is 394 g/mol. The second-order valence-electron chi connectivity index (χ2n) is 7.28. The maximum atomic E-state index is 12.5. The van der Waals surface area contributed by atoms with Crippen molar-refractivity contribution in [2.75, 3.05) is 29.9 Å². The number of carbonyl (C=O) groups excluding carboxylic acids is 1. The standard InChI is InChI=1S/C20H25N3OS3/c1-14-3-2-8-23(11-14)12-17-13-27-20(21-17)22-18(24)15-4-6-16(7-5-15)19-25-9-10-26-19/h4-7,13-14,19H,2-3,8-12H2,1H3,(H,21,22,24). The van der Waals surface area contributed by atoms with Crippen molar-refractivity contribution in [3.63, 3.8) is 0 Å². The van der Waals surface area contributed by atoms with Crippen LogP contribution in [0.25, 0.3) is 0 Å². The highest BCUT2D eigenvalue weighted by Gasteiger charge is 2.19. The number of rotatable bonds is 5. The summed E-state index contributed by atoms with van der Waals surface area (Å²) >= 11 is 5.47. The summed E-state index contributed by atoms with van der Waals surface area (Å²) in [7, 11) is 0. The molecule has 4 nitrogen and oxygen atoms in total. The predicted molar refractivity (Wildman–Crippen MR) is 118 cm³/mol. The molecule has 0 spiro atoms. The zero-order valence-corrected chi connectivity index (χ0v) is 18.0. The number of thioether (sulfide) groups is 2. The van der Waals surface area contributed by atoms with Gasteiger partial charge in [-0.05, 0) is 43.0 Å². The molecule has 0 aliphatic carbocycles. The van der Waals surface area contributed by atoms with Gasteiger partial charge in [-0.25, -0.2) is 4.98 Å². The molecule has 2 aliphatic rings. The van der Waals surface area contributed by atoms with E-state index in [9.17, 15) is 4.79 Å². The molecule has 3 heterocycles. The molecule has 144 valence electrons. The number of hydrogen-bond donors (Lipinski definition) is 1. The van der Waals surface area contributed by atoms with Gasteiger partial charge in [-0.2, -0.15) is 0 Å². The summed E-state index contributed by atoms with van der Waals surface area (Å²) in [4.78, 5) is 19.6. The molecule has 2 aromatic rings. The van der Waals surface area contributed by atoms with E-state index in [-0.39, 0.29) is 5.91 Å². The Balaban J connectivity index is 1.33. The molecule has 27 heavy (non-hydrogen) atoms. The number of nitrogens with zero attached hydrogens (tertiary/aromatic N) is 2. The van der Waals surface area contributed by atoms with Crippen molar-refractivity contribution in [3.8, 4) is 0 Å². The molecular formula is C20H25N3OS3. The molecule has 1 amide bonds. The SMILES string of the molecule is CC1CCCN(Cc2csc(NC(=O)c3ccc(C4SCCS4)cc3)n2)C1. The van der Waals surface area contributed by atoms with Crippen LogP contribution in [0.2, 0.25) is 0 Å². The molecule has 7 heteroatoms. The lowest BCUT2D eigenvalue weighted by Crippen LogP contribution is -2.33. The van der Waals surface area contributed by atoms with E-state index in [2.05, 4.69) is 39.6 Å². The first-order valence-corrected chi connectivity index (χ1v) is 12.5. The number of piperidine rings is 1. The number of carbonyl (C=O) groups is 1. The van der Waals surface area contributed by atoms with E-state index in [0.717, 1.165) is 31.2 Å². The maximum Gasteiger partial charge on any atom is 0.257 e. The zero-order chi connectivity index (χ0) is 18.6. The highest BCUT2D eigenvalue weighted by atomic mass is 32.2. The number of thiazole rings is 1. The largest absolute Gasteiger partial charge is 0.298 e. The van der Waals surface area contributed by atoms with Crippen molar-refractivity contribution >= 4 is 45.9 Å². The number of amides is 1. The van der Waals surface area contributed by atoms with E-state index in [0.29, 0.717) is 15.3 Å². The Bertz CT molecular complexity index is 771. The first-order chi connectivity index (χ1) is 13.2. The van der Waals surface area contributed by atoms with E-state index in [4.69, 9.17) is 0 Å². The highest BCUT2D eigenvalue weighted by Crippen LogP contribution is 2.45. The number of aromatic nitrogens is 1. The topological polar surface area (TPSA) is 45.2 Å². The first-order valence-electron chi connectivity index (χ1n) is 9.48. The monoisotopic (exact) mass is 419 g/mol. The fourth-order valence-electron chi connectivity index (χ4n) is 3.61. The van der Waals surface area contributed by atoms with E-state index in [1.54, 1.807) is 0 Å². The molecule has 1 aromatic carbocycles. The van der Waals surface area contributed by atoms with E-state index in [1.807, 2.05) is 35.7 Å². The molecule has 2 aliphatic heterocycles. The van der Waals surface area contributed by atoms with Gasteiger partial charge in [0, 0.05) is 35.5 Å². The van der Waals surface area contributed by atoms with E-state index in [1.165, 1.54) is 41.2 Å². The van der Waals surface area contributed by atoms with Crippen molar-refractivity contribution in [1.82, 2.24) is 9.88 Å². The second kappa shape index (κ2) is 8.99. The summed E-state index contributed by atoms with van der Waals surface area (Å²) in [5.41, 5.74) is 3.04. The van der Waals surface area contributed by atoms with Gasteiger partial charge in [0.1, 0.15) is 0 Å². The van der Waals surface area contributed by atoms with Crippen LogP contribution in [0.15, 0.2) is 29.6 Å². The fraction of sp³-hybridized carbons (Fsp3) is 0.500. The lowest BCUT2D eigenvalue weighted by molar-refractivity contribution is 0.102. The van der Waals surface area contributed by atoms with Gasteiger partial charge in [0.15, 0.2) is 5.13 Å². The molecule has 0 saturated carbocycles. The van der Waals surface area contributed by atoms with Crippen molar-refractivity contribution in [2.45, 2.75) is 30.9 Å². The third kappa shape index (κ3) is 5.08. The van der Waals surface area contributed by atoms with Crippen LogP contribution in [-0.2, 0) is 6.54 Å². The number of anilines is 1. The molecule has 1 atom stereocenters. The molecule has 0 radical (unpaired) electrons. The van der Waals surface area contributed by atoms with Gasteiger partial charge in [-0.1, -0.05) is 19.1 Å². The van der Waals surface area contributed by atoms with Crippen molar-refractivity contribution in [2.24, 2.45) is 5.92 Å². The minimum atomic E-state index is -0.0826. The van der Waals surface area contributed by atoms with Gasteiger partial charge in [0.05, 0.1) is 10.3 Å². The molecule has 2 saturated heterocycles. The average Bonchev–Trinajstić information content (AvgIpc) is 3.34. The quantitative estimate of drug-likeness (QED) is 0.730. The predicted octanol–water partition coefficient (Wildman–Crippen LogP) is 5.11. The Labute approximate surface area is 173 Å². The van der Waals surface area contributed by atoms with E-state index >= 15 is 0 Å². The van der Waals surface area contributed by atoms with Crippen LogP contribution >= 0.6 is 34.9 Å². The zero-order valence-electron chi connectivity index (χ0n) is 15.5. The molecule has 1 aromatic heterocycles. The fourth-order valence-corrected chi connectivity index (χ4v) is 7.16. The normalized spacial score (nSPS) is 21.4. The lowest BCUT2D eigenvalue weighted by Gasteiger charge is -2.30. The summed E-state index contributed by atoms with van der Waals surface area (Å²) in [6, 6.07) is 8.01. The van der Waals surface area contributed by atoms with Gasteiger partial charge in [-0.15, -0.1) is 34.9 Å². The summed E-state index contributed by atoms with van der Waals surface area (Å²) in [6.45, 7) is 5.48. The summed E-state index contributed by atoms with van der Waals surface area (Å²) < 4.78 is 0.515. The number of hydrogen-bond acceptors (Lipinski definition) is 6. The second-order valence-corrected chi connectivity index (χ2v) is 10.9. The number of likely N-dealkylation sites (tertiary alicyclic amines) is 1. The Kier molecular flexibility index (Phi) is 6.42. The maximum absolute atomic E-state index is 12.5. The third-order valence-electron chi connectivity index (χ3n) is 4.97. The lowest BCUT2D eigenvalue weighted by atomic mass is 10.0. The van der Waals surface area contributed by atoms with Crippen LogP contribution in [0.5, 0.6) is 0 Å². The highest BCUT2D eigenvalue weighted by molar-refractivity contribution is 8.19. The first kappa shape index (κ1) is 19.3. The van der Waals surface area contributed by atoms with Crippen LogP contribution in [0, 0.1) is 5.92 Å². The van der Waals surface area contributed by atoms with E-state index < -0.39 is 0 Å². The van der Waals surface area contributed by atoms with Gasteiger partial charge >= 0.3 is 0 Å². The Hall–Kier alpha value is -1.02. The molecule has 1 unspecified atom stereocenters. The van der Waals surface area contributed by atoms with Crippen LogP contribution in [0.3, 0.4) is 0 Å². The van der Waals surface area contributed by atoms with Gasteiger partial charge < -0.3 is 0 Å². The molecule has 1 N–H and O–H groups in total.